The molecule has 0 aromatic heterocycles. The van der Waals surface area contributed by atoms with Crippen LogP contribution in [0.5, 0.6) is 17.2 Å². The quantitative estimate of drug-likeness (QED) is 0.338. The van der Waals surface area contributed by atoms with Gasteiger partial charge in [-0.15, -0.1) is 0 Å². The molecule has 1 atom stereocenters. The molecule has 1 aliphatic heterocycles. The highest BCUT2D eigenvalue weighted by molar-refractivity contribution is 6.32. The average Bonchev–Trinajstić information content (AvgIpc) is 2.86. The predicted octanol–water partition coefficient (Wildman–Crippen LogP) is 6.50. The summed E-state index contributed by atoms with van der Waals surface area (Å²) >= 11 is 12.4. The van der Waals surface area contributed by atoms with E-state index >= 15 is 0 Å². The van der Waals surface area contributed by atoms with E-state index < -0.39 is 5.92 Å². The van der Waals surface area contributed by atoms with Crippen molar-refractivity contribution in [3.8, 4) is 17.2 Å². The second-order valence-corrected chi connectivity index (χ2v) is 9.32. The molecule has 6 nitrogen and oxygen atoms in total. The van der Waals surface area contributed by atoms with E-state index in [9.17, 15) is 9.59 Å². The number of benzene rings is 3. The Morgan fingerprint density at radius 3 is 2.56 bits per heavy atom. The number of carbonyl (C=O) groups excluding carboxylic acids is 2. The lowest BCUT2D eigenvalue weighted by Crippen LogP contribution is -2.25. The van der Waals surface area contributed by atoms with Crippen molar-refractivity contribution in [1.29, 1.82) is 0 Å². The van der Waals surface area contributed by atoms with Crippen LogP contribution in [0.15, 0.2) is 54.6 Å². The predicted molar refractivity (Wildman–Crippen MR) is 140 cm³/mol. The molecule has 1 amide bonds. The molecule has 0 saturated heterocycles. The maximum Gasteiger partial charge on any atom is 0.313 e. The van der Waals surface area contributed by atoms with Gasteiger partial charge in [-0.2, -0.15) is 0 Å². The van der Waals surface area contributed by atoms with Crippen molar-refractivity contribution in [1.82, 2.24) is 5.32 Å². The molecule has 0 aliphatic carbocycles. The largest absolute Gasteiger partial charge is 0.493 e. The zero-order valence-electron chi connectivity index (χ0n) is 20.1. The summed E-state index contributed by atoms with van der Waals surface area (Å²) in [6, 6.07) is 16.2. The maximum atomic E-state index is 12.6. The average molecular weight is 528 g/mol. The highest BCUT2D eigenvalue weighted by Gasteiger charge is 2.30. The first-order valence-corrected chi connectivity index (χ1v) is 12.5. The summed E-state index contributed by atoms with van der Waals surface area (Å²) < 4.78 is 17.0. The molecule has 188 valence electrons. The Morgan fingerprint density at radius 1 is 1.06 bits per heavy atom. The van der Waals surface area contributed by atoms with E-state index in [1.165, 1.54) is 0 Å². The van der Waals surface area contributed by atoms with E-state index in [0.29, 0.717) is 71.0 Å². The number of carbonyl (C=O) groups is 2. The third-order valence-electron chi connectivity index (χ3n) is 5.94. The Kier molecular flexibility index (Phi) is 8.39. The van der Waals surface area contributed by atoms with Gasteiger partial charge in [-0.25, -0.2) is 0 Å². The molecule has 0 saturated carbocycles. The van der Waals surface area contributed by atoms with E-state index in [4.69, 9.17) is 37.4 Å². The number of amides is 1. The van der Waals surface area contributed by atoms with Gasteiger partial charge in [0.2, 0.25) is 0 Å². The second kappa shape index (κ2) is 11.7. The topological polar surface area (TPSA) is 73.9 Å². The Labute approximate surface area is 220 Å². The van der Waals surface area contributed by atoms with Crippen LogP contribution in [0.1, 0.15) is 46.3 Å². The van der Waals surface area contributed by atoms with Gasteiger partial charge in [-0.05, 0) is 74.2 Å². The van der Waals surface area contributed by atoms with Gasteiger partial charge in [0.1, 0.15) is 17.2 Å². The summed E-state index contributed by atoms with van der Waals surface area (Å²) in [5.41, 5.74) is 3.10. The number of halogens is 2. The van der Waals surface area contributed by atoms with E-state index in [2.05, 4.69) is 5.32 Å². The van der Waals surface area contributed by atoms with Crippen molar-refractivity contribution >= 4 is 35.1 Å². The first kappa shape index (κ1) is 25.9. The smallest absolute Gasteiger partial charge is 0.313 e. The van der Waals surface area contributed by atoms with Crippen molar-refractivity contribution in [2.75, 3.05) is 19.8 Å². The normalized spacial score (nSPS) is 14.4. The van der Waals surface area contributed by atoms with Crippen molar-refractivity contribution in [2.24, 2.45) is 0 Å². The van der Waals surface area contributed by atoms with Gasteiger partial charge in [-0.3, -0.25) is 9.59 Å². The van der Waals surface area contributed by atoms with E-state index in [-0.39, 0.29) is 11.9 Å². The van der Waals surface area contributed by atoms with Crippen LogP contribution in [0.2, 0.25) is 10.0 Å². The maximum absolute atomic E-state index is 12.6. The molecule has 0 fully saturated rings. The monoisotopic (exact) mass is 527 g/mol. The third-order valence-corrected chi connectivity index (χ3v) is 6.49. The fourth-order valence-corrected chi connectivity index (χ4v) is 4.39. The number of rotatable bonds is 8. The van der Waals surface area contributed by atoms with Crippen molar-refractivity contribution in [3.05, 3.63) is 86.9 Å². The first-order valence-electron chi connectivity index (χ1n) is 11.8. The summed E-state index contributed by atoms with van der Waals surface area (Å²) in [6.45, 7) is 4.86. The van der Waals surface area contributed by atoms with Crippen molar-refractivity contribution in [3.63, 3.8) is 0 Å². The summed E-state index contributed by atoms with van der Waals surface area (Å²) in [5.74, 6) is 0.650. The number of hydrogen-bond acceptors (Lipinski definition) is 5. The highest BCUT2D eigenvalue weighted by atomic mass is 35.5. The molecule has 36 heavy (non-hydrogen) atoms. The minimum atomic E-state index is -0.417. The lowest BCUT2D eigenvalue weighted by molar-refractivity contribution is -0.145. The zero-order valence-corrected chi connectivity index (χ0v) is 21.6. The molecule has 0 bridgehead atoms. The third kappa shape index (κ3) is 6.12. The van der Waals surface area contributed by atoms with Gasteiger partial charge < -0.3 is 19.5 Å². The van der Waals surface area contributed by atoms with Crippen LogP contribution in [0, 0.1) is 6.92 Å². The Morgan fingerprint density at radius 2 is 1.83 bits per heavy atom. The molecule has 0 radical (unpaired) electrons. The number of aryl methyl sites for hydroxylation is 1. The number of hydrogen-bond donors (Lipinski definition) is 1. The fraction of sp³-hybridized carbons (Fsp3) is 0.286. The van der Waals surface area contributed by atoms with Crippen LogP contribution in [-0.2, 0) is 16.0 Å². The van der Waals surface area contributed by atoms with Gasteiger partial charge >= 0.3 is 5.97 Å². The molecule has 1 heterocycles. The SMILES string of the molecule is CCOC(=O)C1CCOc2cc(Oc3ccc(C(=O)NCCc4ccc(Cl)cc4)cc3C)c(Cl)cc21. The van der Waals surface area contributed by atoms with Crippen LogP contribution in [0.4, 0.5) is 0 Å². The van der Waals surface area contributed by atoms with Gasteiger partial charge in [0.15, 0.2) is 0 Å². The number of ether oxygens (including phenoxy) is 3. The Hall–Kier alpha value is -3.22. The van der Waals surface area contributed by atoms with Crippen LogP contribution in [0.25, 0.3) is 0 Å². The van der Waals surface area contributed by atoms with E-state index in [0.717, 1.165) is 11.1 Å². The van der Waals surface area contributed by atoms with Crippen LogP contribution < -0.4 is 14.8 Å². The minimum absolute atomic E-state index is 0.163. The van der Waals surface area contributed by atoms with Crippen molar-refractivity contribution < 1.29 is 23.8 Å². The van der Waals surface area contributed by atoms with Gasteiger partial charge in [0.25, 0.3) is 5.91 Å². The summed E-state index contributed by atoms with van der Waals surface area (Å²) in [6.07, 6.45) is 1.24. The van der Waals surface area contributed by atoms with E-state index in [1.54, 1.807) is 37.3 Å². The summed E-state index contributed by atoms with van der Waals surface area (Å²) in [4.78, 5) is 24.9. The fourth-order valence-electron chi connectivity index (χ4n) is 4.05. The number of fused-ring (bicyclic) bond motifs is 1. The van der Waals surface area contributed by atoms with Gasteiger partial charge in [0.05, 0.1) is 24.2 Å². The molecule has 4 rings (SSSR count). The van der Waals surface area contributed by atoms with Crippen LogP contribution in [0.3, 0.4) is 0 Å². The molecular formula is C28H27Cl2NO5. The van der Waals surface area contributed by atoms with E-state index in [1.807, 2.05) is 31.2 Å². The van der Waals surface area contributed by atoms with Gasteiger partial charge in [0, 0.05) is 28.8 Å². The standard InChI is InChI=1S/C28H27Cl2NO5/c1-3-34-28(33)21-11-13-35-25-16-26(23(30)15-22(21)25)36-24-9-6-19(14-17(24)2)27(32)31-12-10-18-4-7-20(29)8-5-18/h4-9,14-16,21H,3,10-13H2,1-2H3,(H,31,32). The second-order valence-electron chi connectivity index (χ2n) is 8.48. The molecule has 1 aliphatic rings. The number of nitrogens with one attached hydrogen (secondary N) is 1. The molecule has 3 aromatic carbocycles. The minimum Gasteiger partial charge on any atom is -0.493 e. The van der Waals surface area contributed by atoms with Crippen LogP contribution in [-0.4, -0.2) is 31.6 Å². The molecule has 1 N–H and O–H groups in total. The van der Waals surface area contributed by atoms with Crippen molar-refractivity contribution in [2.45, 2.75) is 32.6 Å². The molecule has 0 spiro atoms. The van der Waals surface area contributed by atoms with Gasteiger partial charge in [-0.1, -0.05) is 35.3 Å². The number of esters is 1. The highest BCUT2D eigenvalue weighted by Crippen LogP contribution is 2.42. The zero-order chi connectivity index (χ0) is 25.7. The molecule has 8 heteroatoms. The lowest BCUT2D eigenvalue weighted by Gasteiger charge is -2.25. The Balaban J connectivity index is 1.42. The lowest BCUT2D eigenvalue weighted by atomic mass is 9.93. The Bertz CT molecular complexity index is 1260. The van der Waals surface area contributed by atoms with Crippen LogP contribution >= 0.6 is 23.2 Å². The molecular weight excluding hydrogens is 501 g/mol. The summed E-state index contributed by atoms with van der Waals surface area (Å²) in [5, 5.41) is 3.98. The first-order chi connectivity index (χ1) is 17.4. The molecule has 3 aromatic rings. The molecule has 1 unspecified atom stereocenters. The summed E-state index contributed by atoms with van der Waals surface area (Å²) in [7, 11) is 0.